The smallest absolute Gasteiger partial charge is 0.234 e. The van der Waals surface area contributed by atoms with Crippen LogP contribution in [0.5, 0.6) is 0 Å². The van der Waals surface area contributed by atoms with Crippen molar-refractivity contribution >= 4 is 5.91 Å². The summed E-state index contributed by atoms with van der Waals surface area (Å²) in [5.74, 6) is 0.735. The Kier molecular flexibility index (Phi) is 4.90. The highest BCUT2D eigenvalue weighted by molar-refractivity contribution is 5.77. The number of carbonyl (C=O) groups is 1. The molecule has 1 amide bonds. The van der Waals surface area contributed by atoms with Crippen molar-refractivity contribution in [1.82, 2.24) is 10.2 Å². The van der Waals surface area contributed by atoms with E-state index in [0.717, 1.165) is 39.0 Å². The van der Waals surface area contributed by atoms with Gasteiger partial charge >= 0.3 is 0 Å². The van der Waals surface area contributed by atoms with Crippen LogP contribution in [0.15, 0.2) is 0 Å². The van der Waals surface area contributed by atoms with Crippen LogP contribution in [0.3, 0.4) is 0 Å². The van der Waals surface area contributed by atoms with Crippen molar-refractivity contribution < 1.29 is 4.79 Å². The molecule has 1 fully saturated rings. The molecule has 0 saturated carbocycles. The topological polar surface area (TPSA) is 58.4 Å². The van der Waals surface area contributed by atoms with Crippen LogP contribution in [0.25, 0.3) is 0 Å². The van der Waals surface area contributed by atoms with Gasteiger partial charge in [-0.15, -0.1) is 0 Å². The molecule has 0 spiro atoms. The van der Waals surface area contributed by atoms with Gasteiger partial charge < -0.3 is 11.1 Å². The molecule has 0 bridgehead atoms. The van der Waals surface area contributed by atoms with Crippen LogP contribution < -0.4 is 11.1 Å². The van der Waals surface area contributed by atoms with Gasteiger partial charge in [0.1, 0.15) is 0 Å². The first-order chi connectivity index (χ1) is 6.76. The molecule has 82 valence electrons. The fourth-order valence-corrected chi connectivity index (χ4v) is 1.77. The van der Waals surface area contributed by atoms with Crippen LogP contribution in [-0.2, 0) is 4.79 Å². The van der Waals surface area contributed by atoms with E-state index in [1.807, 2.05) is 0 Å². The number of nitrogens with two attached hydrogens (primary N) is 1. The van der Waals surface area contributed by atoms with Crippen LogP contribution in [0.1, 0.15) is 19.8 Å². The molecular formula is C10H21N3O. The highest BCUT2D eigenvalue weighted by atomic mass is 16.2. The molecule has 0 aromatic carbocycles. The molecule has 0 aliphatic carbocycles. The maximum atomic E-state index is 11.4. The Balaban J connectivity index is 2.15. The Morgan fingerprint density at radius 3 is 3.00 bits per heavy atom. The molecule has 1 saturated heterocycles. The van der Waals surface area contributed by atoms with Crippen LogP contribution >= 0.6 is 0 Å². The van der Waals surface area contributed by atoms with Crippen LogP contribution in [0, 0.1) is 5.92 Å². The number of likely N-dealkylation sites (tertiary alicyclic amines) is 1. The molecule has 0 radical (unpaired) electrons. The van der Waals surface area contributed by atoms with Crippen LogP contribution in [0.4, 0.5) is 0 Å². The van der Waals surface area contributed by atoms with Gasteiger partial charge in [-0.3, -0.25) is 9.69 Å². The number of amides is 1. The van der Waals surface area contributed by atoms with E-state index in [0.29, 0.717) is 12.5 Å². The van der Waals surface area contributed by atoms with Gasteiger partial charge in [-0.1, -0.05) is 6.92 Å². The molecule has 4 nitrogen and oxygen atoms in total. The van der Waals surface area contributed by atoms with Gasteiger partial charge in [-0.25, -0.2) is 0 Å². The summed E-state index contributed by atoms with van der Waals surface area (Å²) >= 11 is 0. The van der Waals surface area contributed by atoms with E-state index in [2.05, 4.69) is 17.1 Å². The fourth-order valence-electron chi connectivity index (χ4n) is 1.77. The summed E-state index contributed by atoms with van der Waals surface area (Å²) in [6.45, 7) is 6.12. The minimum atomic E-state index is 0.143. The number of rotatable bonds is 5. The Hall–Kier alpha value is -0.610. The molecule has 1 atom stereocenters. The van der Waals surface area contributed by atoms with Crippen molar-refractivity contribution in [3.8, 4) is 0 Å². The van der Waals surface area contributed by atoms with Crippen molar-refractivity contribution in [2.75, 3.05) is 32.7 Å². The number of nitrogens with zero attached hydrogens (tertiary/aromatic N) is 1. The predicted octanol–water partition coefficient (Wildman–Crippen LogP) is -0.207. The number of nitrogens with one attached hydrogen (secondary N) is 1. The minimum Gasteiger partial charge on any atom is -0.355 e. The standard InChI is InChI=1S/C10H21N3O/c1-2-4-12-10(14)8-13-5-3-9(6-11)7-13/h9H,2-8,11H2,1H3,(H,12,14). The molecule has 0 aromatic rings. The zero-order valence-corrected chi connectivity index (χ0v) is 8.96. The lowest BCUT2D eigenvalue weighted by Crippen LogP contribution is -2.36. The van der Waals surface area contributed by atoms with Gasteiger partial charge in [-0.2, -0.15) is 0 Å². The lowest BCUT2D eigenvalue weighted by molar-refractivity contribution is -0.122. The van der Waals surface area contributed by atoms with E-state index in [9.17, 15) is 4.79 Å². The second-order valence-electron chi connectivity index (χ2n) is 3.98. The molecule has 14 heavy (non-hydrogen) atoms. The summed E-state index contributed by atoms with van der Waals surface area (Å²) in [7, 11) is 0. The summed E-state index contributed by atoms with van der Waals surface area (Å²) in [5, 5.41) is 2.88. The van der Waals surface area contributed by atoms with Crippen molar-refractivity contribution in [3.05, 3.63) is 0 Å². The SMILES string of the molecule is CCCNC(=O)CN1CCC(CN)C1. The fraction of sp³-hybridized carbons (Fsp3) is 0.900. The zero-order chi connectivity index (χ0) is 10.4. The normalized spacial score (nSPS) is 22.6. The molecule has 1 rings (SSSR count). The van der Waals surface area contributed by atoms with Crippen LogP contribution in [-0.4, -0.2) is 43.5 Å². The highest BCUT2D eigenvalue weighted by Gasteiger charge is 2.22. The van der Waals surface area contributed by atoms with Crippen LogP contribution in [0.2, 0.25) is 0 Å². The third-order valence-corrected chi connectivity index (χ3v) is 2.64. The molecule has 1 heterocycles. The van der Waals surface area contributed by atoms with E-state index < -0.39 is 0 Å². The molecule has 1 aliphatic heterocycles. The molecular weight excluding hydrogens is 178 g/mol. The summed E-state index contributed by atoms with van der Waals surface area (Å²) in [6.07, 6.45) is 2.13. The number of hydrogen-bond acceptors (Lipinski definition) is 3. The predicted molar refractivity (Wildman–Crippen MR) is 56.9 cm³/mol. The van der Waals surface area contributed by atoms with E-state index in [1.54, 1.807) is 0 Å². The van der Waals surface area contributed by atoms with Crippen molar-refractivity contribution in [2.45, 2.75) is 19.8 Å². The quantitative estimate of drug-likeness (QED) is 0.644. The molecule has 3 N–H and O–H groups in total. The van der Waals surface area contributed by atoms with Crippen molar-refractivity contribution in [1.29, 1.82) is 0 Å². The first-order valence-corrected chi connectivity index (χ1v) is 5.45. The van der Waals surface area contributed by atoms with Crippen molar-refractivity contribution in [3.63, 3.8) is 0 Å². The summed E-state index contributed by atoms with van der Waals surface area (Å²) in [6, 6.07) is 0. The second-order valence-corrected chi connectivity index (χ2v) is 3.98. The van der Waals surface area contributed by atoms with Crippen molar-refractivity contribution in [2.24, 2.45) is 11.7 Å². The molecule has 0 aromatic heterocycles. The van der Waals surface area contributed by atoms with Gasteiger partial charge in [0.05, 0.1) is 6.54 Å². The monoisotopic (exact) mass is 199 g/mol. The Morgan fingerprint density at radius 1 is 1.64 bits per heavy atom. The lowest BCUT2D eigenvalue weighted by atomic mass is 10.1. The maximum absolute atomic E-state index is 11.4. The lowest BCUT2D eigenvalue weighted by Gasteiger charge is -2.14. The summed E-state index contributed by atoms with van der Waals surface area (Å²) in [5.41, 5.74) is 5.58. The third-order valence-electron chi connectivity index (χ3n) is 2.64. The van der Waals surface area contributed by atoms with E-state index in [1.165, 1.54) is 0 Å². The highest BCUT2D eigenvalue weighted by Crippen LogP contribution is 2.13. The molecule has 1 unspecified atom stereocenters. The Morgan fingerprint density at radius 2 is 2.43 bits per heavy atom. The van der Waals surface area contributed by atoms with E-state index in [-0.39, 0.29) is 5.91 Å². The van der Waals surface area contributed by atoms with Gasteiger partial charge in [0, 0.05) is 13.1 Å². The minimum absolute atomic E-state index is 0.143. The second kappa shape index (κ2) is 5.98. The van der Waals surface area contributed by atoms with Gasteiger partial charge in [-0.05, 0) is 31.8 Å². The largest absolute Gasteiger partial charge is 0.355 e. The van der Waals surface area contributed by atoms with Gasteiger partial charge in [0.25, 0.3) is 0 Å². The van der Waals surface area contributed by atoms with Gasteiger partial charge in [0.15, 0.2) is 0 Å². The zero-order valence-electron chi connectivity index (χ0n) is 8.96. The number of hydrogen-bond donors (Lipinski definition) is 2. The van der Waals surface area contributed by atoms with E-state index >= 15 is 0 Å². The molecule has 4 heteroatoms. The van der Waals surface area contributed by atoms with E-state index in [4.69, 9.17) is 5.73 Å². The first kappa shape index (κ1) is 11.5. The maximum Gasteiger partial charge on any atom is 0.234 e. The first-order valence-electron chi connectivity index (χ1n) is 5.45. The van der Waals surface area contributed by atoms with Gasteiger partial charge in [0.2, 0.25) is 5.91 Å². The molecule has 1 aliphatic rings. The Bertz CT molecular complexity index is 184. The Labute approximate surface area is 85.8 Å². The average molecular weight is 199 g/mol. The average Bonchev–Trinajstić information content (AvgIpc) is 2.62. The third kappa shape index (κ3) is 3.64. The summed E-state index contributed by atoms with van der Waals surface area (Å²) in [4.78, 5) is 13.6. The summed E-state index contributed by atoms with van der Waals surface area (Å²) < 4.78 is 0. The number of carbonyl (C=O) groups excluding carboxylic acids is 1.